The van der Waals surface area contributed by atoms with E-state index >= 15 is 0 Å². The number of carboxylic acid groups (broad SMARTS) is 1. The third kappa shape index (κ3) is 11.0. The zero-order valence-corrected chi connectivity index (χ0v) is 23.7. The van der Waals surface area contributed by atoms with Crippen LogP contribution in [0.15, 0.2) is 53.4 Å². The molecule has 0 fully saturated rings. The molecule has 2 aromatic rings. The van der Waals surface area contributed by atoms with E-state index in [1.807, 2.05) is 18.2 Å². The second-order valence-corrected chi connectivity index (χ2v) is 12.2. The second-order valence-electron chi connectivity index (χ2n) is 9.32. The number of rotatable bonds is 17. The monoisotopic (exact) mass is 569 g/mol. The molecule has 0 aliphatic carbocycles. The molecule has 2 rings (SSSR count). The van der Waals surface area contributed by atoms with Gasteiger partial charge in [-0.15, -0.1) is 0 Å². The highest BCUT2D eigenvalue weighted by Gasteiger charge is 2.30. The lowest BCUT2D eigenvalue weighted by atomic mass is 10.0. The maximum Gasteiger partial charge on any atom is 0.303 e. The third-order valence-electron chi connectivity index (χ3n) is 6.31. The molecule has 1 atom stereocenters. The molecule has 1 amide bonds. The molecule has 0 spiro atoms. The van der Waals surface area contributed by atoms with Crippen LogP contribution < -0.4 is 0 Å². The Morgan fingerprint density at radius 1 is 0.919 bits per heavy atom. The molecule has 0 radical (unpaired) electrons. The van der Waals surface area contributed by atoms with E-state index < -0.39 is 27.5 Å². The van der Waals surface area contributed by atoms with Crippen molar-refractivity contribution in [2.45, 2.75) is 69.6 Å². The van der Waals surface area contributed by atoms with Crippen molar-refractivity contribution >= 4 is 44.9 Å². The highest BCUT2D eigenvalue weighted by Crippen LogP contribution is 2.27. The van der Waals surface area contributed by atoms with Crippen molar-refractivity contribution in [1.29, 1.82) is 0 Å². The quantitative estimate of drug-likeness (QED) is 0.214. The van der Waals surface area contributed by atoms with Crippen LogP contribution in [0.4, 0.5) is 0 Å². The van der Waals surface area contributed by atoms with Gasteiger partial charge in [-0.1, -0.05) is 79.7 Å². The number of nitrogens with zero attached hydrogens (tertiary/aromatic N) is 1. The van der Waals surface area contributed by atoms with Crippen molar-refractivity contribution in [2.75, 3.05) is 18.8 Å². The van der Waals surface area contributed by atoms with E-state index in [4.69, 9.17) is 23.2 Å². The van der Waals surface area contributed by atoms with E-state index in [0.717, 1.165) is 44.9 Å². The average Bonchev–Trinajstić information content (AvgIpc) is 2.87. The number of benzene rings is 2. The minimum atomic E-state index is -3.90. The van der Waals surface area contributed by atoms with Gasteiger partial charge in [-0.25, -0.2) is 8.42 Å². The fourth-order valence-corrected chi connectivity index (χ4v) is 6.17. The number of sulfone groups is 1. The van der Waals surface area contributed by atoms with Crippen molar-refractivity contribution in [2.24, 2.45) is 5.92 Å². The summed E-state index contributed by atoms with van der Waals surface area (Å²) >= 11 is 12.0. The Labute approximate surface area is 230 Å². The number of hydrogen-bond acceptors (Lipinski definition) is 4. The number of carboxylic acids is 1. The van der Waals surface area contributed by atoms with Gasteiger partial charge in [0.2, 0.25) is 5.91 Å². The van der Waals surface area contributed by atoms with Gasteiger partial charge in [0.25, 0.3) is 0 Å². The molecule has 1 unspecified atom stereocenters. The summed E-state index contributed by atoms with van der Waals surface area (Å²) in [5.41, 5.74) is 1.23. The fourth-order valence-electron chi connectivity index (χ4n) is 4.20. The van der Waals surface area contributed by atoms with Gasteiger partial charge in [0.15, 0.2) is 9.84 Å². The Bertz CT molecular complexity index is 1110. The van der Waals surface area contributed by atoms with E-state index in [2.05, 4.69) is 19.1 Å². The highest BCUT2D eigenvalue weighted by atomic mass is 35.5. The molecular formula is C28H37Cl2NO5S. The molecule has 0 aliphatic heterocycles. The molecule has 0 bridgehead atoms. The van der Waals surface area contributed by atoms with Gasteiger partial charge in [0, 0.05) is 19.5 Å². The summed E-state index contributed by atoms with van der Waals surface area (Å²) in [5.74, 6) is -2.81. The van der Waals surface area contributed by atoms with Crippen molar-refractivity contribution in [3.63, 3.8) is 0 Å². The summed E-state index contributed by atoms with van der Waals surface area (Å²) in [6.07, 6.45) is 6.15. The number of carbonyl (C=O) groups is 2. The van der Waals surface area contributed by atoms with Crippen LogP contribution in [0.1, 0.15) is 63.9 Å². The molecule has 0 heterocycles. The van der Waals surface area contributed by atoms with E-state index in [9.17, 15) is 23.1 Å². The summed E-state index contributed by atoms with van der Waals surface area (Å²) in [4.78, 5) is 26.6. The zero-order chi connectivity index (χ0) is 27.3. The predicted octanol–water partition coefficient (Wildman–Crippen LogP) is 6.68. The van der Waals surface area contributed by atoms with Gasteiger partial charge < -0.3 is 10.0 Å². The first-order valence-corrected chi connectivity index (χ1v) is 15.3. The van der Waals surface area contributed by atoms with Crippen molar-refractivity contribution in [1.82, 2.24) is 4.90 Å². The minimum Gasteiger partial charge on any atom is -0.481 e. The summed E-state index contributed by atoms with van der Waals surface area (Å²) in [7, 11) is -3.90. The Morgan fingerprint density at radius 3 is 2.22 bits per heavy atom. The summed E-state index contributed by atoms with van der Waals surface area (Å²) in [5, 5.41) is 9.57. The molecule has 204 valence electrons. The first-order chi connectivity index (χ1) is 17.6. The van der Waals surface area contributed by atoms with Gasteiger partial charge in [0.05, 0.1) is 26.6 Å². The molecule has 9 heteroatoms. The van der Waals surface area contributed by atoms with Crippen LogP contribution in [0.25, 0.3) is 0 Å². The largest absolute Gasteiger partial charge is 0.481 e. The number of amides is 1. The number of hydrogen-bond donors (Lipinski definition) is 1. The van der Waals surface area contributed by atoms with Crippen LogP contribution in [-0.2, 0) is 25.8 Å². The standard InChI is InChI=1S/C28H37Cl2NO5S/c1-2-3-4-9-18-31(19-10-8-13-22-11-6-5-7-12-22)28(34)23(14-17-27(32)33)21-37(35,36)24-15-16-25(29)26(30)20-24/h5-7,11-12,15-16,20,23H,2-4,8-10,13-14,17-19,21H2,1H3,(H,32,33). The van der Waals surface area contributed by atoms with E-state index in [1.165, 1.54) is 23.8 Å². The molecule has 0 saturated carbocycles. The Balaban J connectivity index is 2.16. The SMILES string of the molecule is CCCCCCN(CCCCc1ccccc1)C(=O)C(CCC(=O)O)CS(=O)(=O)c1ccc(Cl)c(Cl)c1. The van der Waals surface area contributed by atoms with Crippen LogP contribution in [0, 0.1) is 5.92 Å². The average molecular weight is 571 g/mol. The Hall–Kier alpha value is -2.09. The molecule has 2 aromatic carbocycles. The van der Waals surface area contributed by atoms with Crippen LogP contribution in [0.5, 0.6) is 0 Å². The molecule has 0 aromatic heterocycles. The Morgan fingerprint density at radius 2 is 1.59 bits per heavy atom. The van der Waals surface area contributed by atoms with E-state index in [1.54, 1.807) is 4.90 Å². The van der Waals surface area contributed by atoms with Gasteiger partial charge in [-0.3, -0.25) is 9.59 Å². The maximum absolute atomic E-state index is 13.6. The molecular weight excluding hydrogens is 533 g/mol. The first kappa shape index (κ1) is 31.1. The van der Waals surface area contributed by atoms with Crippen molar-refractivity contribution < 1.29 is 23.1 Å². The number of unbranched alkanes of at least 4 members (excludes halogenated alkanes) is 4. The van der Waals surface area contributed by atoms with Gasteiger partial charge in [0.1, 0.15) is 0 Å². The van der Waals surface area contributed by atoms with Crippen LogP contribution >= 0.6 is 23.2 Å². The second kappa shape index (κ2) is 16.0. The molecule has 0 saturated heterocycles. The van der Waals surface area contributed by atoms with Crippen molar-refractivity contribution in [3.05, 3.63) is 64.1 Å². The minimum absolute atomic E-state index is 0.0348. The lowest BCUT2D eigenvalue weighted by Gasteiger charge is -2.27. The molecule has 1 N–H and O–H groups in total. The van der Waals surface area contributed by atoms with Crippen LogP contribution in [-0.4, -0.2) is 49.1 Å². The van der Waals surface area contributed by atoms with Gasteiger partial charge >= 0.3 is 5.97 Å². The smallest absolute Gasteiger partial charge is 0.303 e. The lowest BCUT2D eigenvalue weighted by Crippen LogP contribution is -2.40. The molecule has 37 heavy (non-hydrogen) atoms. The summed E-state index contributed by atoms with van der Waals surface area (Å²) in [6.45, 7) is 3.15. The Kier molecular flexibility index (Phi) is 13.5. The fraction of sp³-hybridized carbons (Fsp3) is 0.500. The predicted molar refractivity (Wildman–Crippen MR) is 149 cm³/mol. The maximum atomic E-state index is 13.6. The van der Waals surface area contributed by atoms with E-state index in [0.29, 0.717) is 13.1 Å². The molecule has 0 aliphatic rings. The van der Waals surface area contributed by atoms with Gasteiger partial charge in [-0.05, 0) is 55.9 Å². The topological polar surface area (TPSA) is 91.8 Å². The zero-order valence-electron chi connectivity index (χ0n) is 21.4. The number of aryl methyl sites for hydroxylation is 1. The highest BCUT2D eigenvalue weighted by molar-refractivity contribution is 7.91. The number of aliphatic carboxylic acids is 1. The van der Waals surface area contributed by atoms with E-state index in [-0.39, 0.29) is 33.7 Å². The first-order valence-electron chi connectivity index (χ1n) is 12.9. The summed E-state index contributed by atoms with van der Waals surface area (Å²) < 4.78 is 26.3. The number of halogens is 2. The lowest BCUT2D eigenvalue weighted by molar-refractivity contribution is -0.138. The van der Waals surface area contributed by atoms with Crippen molar-refractivity contribution in [3.8, 4) is 0 Å². The van der Waals surface area contributed by atoms with Gasteiger partial charge in [-0.2, -0.15) is 0 Å². The molecule has 6 nitrogen and oxygen atoms in total. The number of carbonyl (C=O) groups excluding carboxylic acids is 1. The van der Waals surface area contributed by atoms with Crippen LogP contribution in [0.2, 0.25) is 10.0 Å². The normalized spacial score (nSPS) is 12.3. The third-order valence-corrected chi connectivity index (χ3v) is 8.86. The summed E-state index contributed by atoms with van der Waals surface area (Å²) in [6, 6.07) is 14.1. The van der Waals surface area contributed by atoms with Crippen LogP contribution in [0.3, 0.4) is 0 Å².